The molecule has 0 bridgehead atoms. The number of aliphatic hydroxyl groups excluding tert-OH is 1. The van der Waals surface area contributed by atoms with Crippen molar-refractivity contribution in [3.05, 3.63) is 35.4 Å². The fraction of sp³-hybridized carbons (Fsp3) is 0.533. The summed E-state index contributed by atoms with van der Waals surface area (Å²) in [6.45, 7) is 4.06. The van der Waals surface area contributed by atoms with Crippen LogP contribution in [0.3, 0.4) is 0 Å². The summed E-state index contributed by atoms with van der Waals surface area (Å²) in [4.78, 5) is 16.6. The van der Waals surface area contributed by atoms with E-state index in [2.05, 4.69) is 17.2 Å². The summed E-state index contributed by atoms with van der Waals surface area (Å²) in [7, 11) is 0. The number of amides is 1. The molecular formula is C15H22N2O2S. The van der Waals surface area contributed by atoms with E-state index in [0.29, 0.717) is 6.54 Å². The van der Waals surface area contributed by atoms with Crippen LogP contribution >= 0.6 is 11.8 Å². The van der Waals surface area contributed by atoms with Gasteiger partial charge in [0.15, 0.2) is 0 Å². The zero-order valence-electron chi connectivity index (χ0n) is 11.9. The minimum absolute atomic E-state index is 0.122. The third kappa shape index (κ3) is 3.98. The maximum atomic E-state index is 12.5. The van der Waals surface area contributed by atoms with Gasteiger partial charge in [-0.3, -0.25) is 9.69 Å². The van der Waals surface area contributed by atoms with E-state index in [4.69, 9.17) is 5.11 Å². The average molecular weight is 294 g/mol. The van der Waals surface area contributed by atoms with Crippen LogP contribution < -0.4 is 0 Å². The number of aliphatic hydroxyl groups is 1. The van der Waals surface area contributed by atoms with E-state index < -0.39 is 0 Å². The molecule has 0 radical (unpaired) electrons. The lowest BCUT2D eigenvalue weighted by Crippen LogP contribution is -2.49. The number of benzene rings is 1. The molecule has 1 saturated heterocycles. The number of rotatable bonds is 5. The minimum Gasteiger partial charge on any atom is -0.395 e. The molecule has 1 aliphatic rings. The fourth-order valence-corrected chi connectivity index (χ4v) is 2.97. The van der Waals surface area contributed by atoms with E-state index in [9.17, 15) is 4.79 Å². The van der Waals surface area contributed by atoms with Crippen molar-refractivity contribution in [2.24, 2.45) is 0 Å². The summed E-state index contributed by atoms with van der Waals surface area (Å²) in [6, 6.07) is 7.92. The summed E-state index contributed by atoms with van der Waals surface area (Å²) in [5, 5.41) is 8.93. The molecular weight excluding hydrogens is 272 g/mol. The summed E-state index contributed by atoms with van der Waals surface area (Å²) >= 11 is 1.76. The number of hydrogen-bond acceptors (Lipinski definition) is 4. The molecule has 20 heavy (non-hydrogen) atoms. The second-order valence-corrected chi connectivity index (χ2v) is 5.86. The lowest BCUT2D eigenvalue weighted by molar-refractivity contribution is 0.0615. The Bertz CT molecular complexity index is 445. The predicted molar refractivity (Wildman–Crippen MR) is 83.1 cm³/mol. The molecule has 2 rings (SSSR count). The van der Waals surface area contributed by atoms with Gasteiger partial charge in [-0.2, -0.15) is 11.8 Å². The lowest BCUT2D eigenvalue weighted by atomic mass is 10.1. The normalized spacial score (nSPS) is 16.4. The summed E-state index contributed by atoms with van der Waals surface area (Å²) in [6.07, 6.45) is 2.06. The molecule has 1 fully saturated rings. The number of β-amino-alcohol motifs (C(OH)–C–C–N with tert-alkyl or cyclic N) is 1. The van der Waals surface area contributed by atoms with Crippen LogP contribution in [0.2, 0.25) is 0 Å². The number of piperazine rings is 1. The number of nitrogens with zero attached hydrogens (tertiary/aromatic N) is 2. The van der Waals surface area contributed by atoms with Gasteiger partial charge in [-0.05, 0) is 24.0 Å². The zero-order valence-corrected chi connectivity index (χ0v) is 12.7. The molecule has 1 aromatic carbocycles. The van der Waals surface area contributed by atoms with Gasteiger partial charge in [-0.1, -0.05) is 12.1 Å². The van der Waals surface area contributed by atoms with Crippen LogP contribution in [0.4, 0.5) is 0 Å². The molecule has 4 nitrogen and oxygen atoms in total. The van der Waals surface area contributed by atoms with Gasteiger partial charge in [-0.15, -0.1) is 0 Å². The van der Waals surface area contributed by atoms with Gasteiger partial charge >= 0.3 is 0 Å². The Labute approximate surface area is 124 Å². The van der Waals surface area contributed by atoms with Gasteiger partial charge in [0.2, 0.25) is 0 Å². The quantitative estimate of drug-likeness (QED) is 0.889. The number of carbonyl (C=O) groups excluding carboxylic acids is 1. The number of hydrogen-bond donors (Lipinski definition) is 1. The van der Waals surface area contributed by atoms with Crippen LogP contribution in [0.5, 0.6) is 0 Å². The Morgan fingerprint density at radius 3 is 2.70 bits per heavy atom. The molecule has 1 aliphatic heterocycles. The molecule has 1 heterocycles. The van der Waals surface area contributed by atoms with Crippen molar-refractivity contribution in [1.29, 1.82) is 0 Å². The van der Waals surface area contributed by atoms with Crippen LogP contribution in [0.15, 0.2) is 24.3 Å². The molecule has 0 spiro atoms. The lowest BCUT2D eigenvalue weighted by Gasteiger charge is -2.34. The maximum Gasteiger partial charge on any atom is 0.253 e. The highest BCUT2D eigenvalue weighted by molar-refractivity contribution is 7.97. The summed E-state index contributed by atoms with van der Waals surface area (Å²) < 4.78 is 0. The maximum absolute atomic E-state index is 12.5. The van der Waals surface area contributed by atoms with Crippen molar-refractivity contribution in [1.82, 2.24) is 9.80 Å². The van der Waals surface area contributed by atoms with Crippen molar-refractivity contribution >= 4 is 17.7 Å². The smallest absolute Gasteiger partial charge is 0.253 e. The van der Waals surface area contributed by atoms with Gasteiger partial charge in [0.1, 0.15) is 0 Å². The van der Waals surface area contributed by atoms with Gasteiger partial charge in [0, 0.05) is 44.0 Å². The highest BCUT2D eigenvalue weighted by Gasteiger charge is 2.21. The monoisotopic (exact) mass is 294 g/mol. The van der Waals surface area contributed by atoms with Crippen LogP contribution in [-0.2, 0) is 5.75 Å². The first-order chi connectivity index (χ1) is 9.74. The third-order valence-electron chi connectivity index (χ3n) is 3.56. The van der Waals surface area contributed by atoms with Crippen LogP contribution in [0, 0.1) is 0 Å². The molecule has 0 unspecified atom stereocenters. The zero-order chi connectivity index (χ0) is 14.4. The topological polar surface area (TPSA) is 43.8 Å². The van der Waals surface area contributed by atoms with Crippen molar-refractivity contribution in [3.8, 4) is 0 Å². The van der Waals surface area contributed by atoms with E-state index >= 15 is 0 Å². The minimum atomic E-state index is 0.122. The highest BCUT2D eigenvalue weighted by atomic mass is 32.2. The Balaban J connectivity index is 1.96. The number of carbonyl (C=O) groups is 1. The average Bonchev–Trinajstić information content (AvgIpc) is 2.48. The molecule has 0 atom stereocenters. The first-order valence-electron chi connectivity index (χ1n) is 6.95. The van der Waals surface area contributed by atoms with Gasteiger partial charge in [0.25, 0.3) is 5.91 Å². The van der Waals surface area contributed by atoms with Crippen molar-refractivity contribution in [3.63, 3.8) is 0 Å². The molecule has 1 aromatic rings. The van der Waals surface area contributed by atoms with Gasteiger partial charge < -0.3 is 10.0 Å². The fourth-order valence-electron chi connectivity index (χ4n) is 2.46. The molecule has 0 saturated carbocycles. The Hall–Kier alpha value is -1.04. The first kappa shape index (κ1) is 15.4. The largest absolute Gasteiger partial charge is 0.395 e. The van der Waals surface area contributed by atoms with Crippen LogP contribution in [0.1, 0.15) is 15.9 Å². The van der Waals surface area contributed by atoms with E-state index in [1.54, 1.807) is 11.8 Å². The molecule has 110 valence electrons. The molecule has 1 amide bonds. The van der Waals surface area contributed by atoms with Crippen molar-refractivity contribution in [2.75, 3.05) is 45.6 Å². The van der Waals surface area contributed by atoms with Gasteiger partial charge in [-0.25, -0.2) is 0 Å². The molecule has 5 heteroatoms. The highest BCUT2D eigenvalue weighted by Crippen LogP contribution is 2.14. The third-order valence-corrected chi connectivity index (χ3v) is 4.18. The molecule has 0 aromatic heterocycles. The molecule has 0 aliphatic carbocycles. The van der Waals surface area contributed by atoms with Gasteiger partial charge in [0.05, 0.1) is 6.61 Å². The summed E-state index contributed by atoms with van der Waals surface area (Å²) in [5.41, 5.74) is 1.98. The Morgan fingerprint density at radius 1 is 1.30 bits per heavy atom. The van der Waals surface area contributed by atoms with Crippen molar-refractivity contribution < 1.29 is 9.90 Å². The van der Waals surface area contributed by atoms with E-state index in [1.807, 2.05) is 23.1 Å². The number of thioether (sulfide) groups is 1. The van der Waals surface area contributed by atoms with E-state index in [0.717, 1.165) is 37.5 Å². The van der Waals surface area contributed by atoms with Crippen LogP contribution in [-0.4, -0.2) is 66.4 Å². The summed E-state index contributed by atoms with van der Waals surface area (Å²) in [5.74, 6) is 1.06. The van der Waals surface area contributed by atoms with Crippen molar-refractivity contribution in [2.45, 2.75) is 5.75 Å². The van der Waals surface area contributed by atoms with E-state index in [-0.39, 0.29) is 12.5 Å². The standard InChI is InChI=1S/C15H22N2O2S/c1-20-12-13-3-2-4-14(11-13)15(19)17-7-5-16(6-8-17)9-10-18/h2-4,11,18H,5-10,12H2,1H3. The second-order valence-electron chi connectivity index (χ2n) is 4.99. The SMILES string of the molecule is CSCc1cccc(C(=O)N2CCN(CCO)CC2)c1. The molecule has 1 N–H and O–H groups in total. The van der Waals surface area contributed by atoms with E-state index in [1.165, 1.54) is 5.56 Å². The first-order valence-corrected chi connectivity index (χ1v) is 8.34. The van der Waals surface area contributed by atoms with Crippen LogP contribution in [0.25, 0.3) is 0 Å². The second kappa shape index (κ2) is 7.67. The Kier molecular flexibility index (Phi) is 5.88. The predicted octanol–water partition coefficient (Wildman–Crippen LogP) is 1.30. The Morgan fingerprint density at radius 2 is 2.05 bits per heavy atom.